The fraction of sp³-hybridized carbons (Fsp3) is 0.333. The fourth-order valence-electron chi connectivity index (χ4n) is 1.64. The highest BCUT2D eigenvalue weighted by molar-refractivity contribution is 5.82. The maximum absolute atomic E-state index is 12.0. The Balaban J connectivity index is 2.72. The number of hydrogen-bond donors (Lipinski definition) is 0. The van der Waals surface area contributed by atoms with Gasteiger partial charge < -0.3 is 4.74 Å². The van der Waals surface area contributed by atoms with Gasteiger partial charge in [-0.1, -0.05) is 0 Å². The first kappa shape index (κ1) is 10.7. The number of ether oxygens (including phenoxy) is 1. The molecule has 2 aromatic rings. The summed E-state index contributed by atoms with van der Waals surface area (Å²) in [7, 11) is 1.60. The molecule has 16 heavy (non-hydrogen) atoms. The zero-order valence-corrected chi connectivity index (χ0v) is 9.60. The van der Waals surface area contributed by atoms with Gasteiger partial charge in [0.05, 0.1) is 24.7 Å². The van der Waals surface area contributed by atoms with E-state index < -0.39 is 0 Å². The summed E-state index contributed by atoms with van der Waals surface area (Å²) < 4.78 is 6.58. The van der Waals surface area contributed by atoms with E-state index in [1.165, 1.54) is 4.68 Å². The predicted octanol–water partition coefficient (Wildman–Crippen LogP) is 1.99. The van der Waals surface area contributed by atoms with Gasteiger partial charge in [-0.05, 0) is 32.0 Å². The van der Waals surface area contributed by atoms with Crippen molar-refractivity contribution in [3.63, 3.8) is 0 Å². The summed E-state index contributed by atoms with van der Waals surface area (Å²) in [5.41, 5.74) is -0.0600. The van der Waals surface area contributed by atoms with Crippen LogP contribution in [0.2, 0.25) is 0 Å². The fourth-order valence-corrected chi connectivity index (χ4v) is 1.64. The number of fused-ring (bicyclic) bond motifs is 1. The molecule has 0 aliphatic carbocycles. The number of nitrogens with zero attached hydrogens (tertiary/aromatic N) is 2. The van der Waals surface area contributed by atoms with Gasteiger partial charge in [-0.25, -0.2) is 4.68 Å². The summed E-state index contributed by atoms with van der Waals surface area (Å²) in [6.45, 7) is 3.87. The van der Waals surface area contributed by atoms with E-state index in [1.54, 1.807) is 25.4 Å². The minimum atomic E-state index is -0.0600. The molecule has 0 spiro atoms. The molecular formula is C12H14N2O2. The predicted molar refractivity (Wildman–Crippen MR) is 62.9 cm³/mol. The zero-order valence-electron chi connectivity index (χ0n) is 9.60. The van der Waals surface area contributed by atoms with Crippen molar-refractivity contribution in [1.82, 2.24) is 9.78 Å². The van der Waals surface area contributed by atoms with Gasteiger partial charge in [0.25, 0.3) is 5.56 Å². The highest BCUT2D eigenvalue weighted by Gasteiger charge is 2.07. The lowest BCUT2D eigenvalue weighted by Gasteiger charge is -2.09. The lowest BCUT2D eigenvalue weighted by atomic mass is 10.2. The molecule has 0 unspecified atom stereocenters. The van der Waals surface area contributed by atoms with E-state index >= 15 is 0 Å². The topological polar surface area (TPSA) is 44.1 Å². The first-order valence-corrected chi connectivity index (χ1v) is 5.19. The Morgan fingerprint density at radius 2 is 2.12 bits per heavy atom. The van der Waals surface area contributed by atoms with E-state index in [-0.39, 0.29) is 11.6 Å². The van der Waals surface area contributed by atoms with Crippen LogP contribution in [-0.4, -0.2) is 16.9 Å². The molecule has 0 radical (unpaired) electrons. The second kappa shape index (κ2) is 3.96. The molecule has 4 nitrogen and oxygen atoms in total. The highest BCUT2D eigenvalue weighted by atomic mass is 16.5. The van der Waals surface area contributed by atoms with Gasteiger partial charge in [0.2, 0.25) is 0 Å². The number of hydrogen-bond acceptors (Lipinski definition) is 3. The minimum Gasteiger partial charge on any atom is -0.497 e. The van der Waals surface area contributed by atoms with E-state index in [2.05, 4.69) is 5.10 Å². The Bertz CT molecular complexity index is 573. The van der Waals surface area contributed by atoms with Crippen molar-refractivity contribution in [2.45, 2.75) is 19.9 Å². The molecule has 0 aliphatic rings. The van der Waals surface area contributed by atoms with Crippen molar-refractivity contribution in [2.75, 3.05) is 7.11 Å². The number of benzene rings is 1. The van der Waals surface area contributed by atoms with Crippen LogP contribution < -0.4 is 10.3 Å². The van der Waals surface area contributed by atoms with Crippen LogP contribution >= 0.6 is 0 Å². The number of aromatic nitrogens is 2. The van der Waals surface area contributed by atoms with Gasteiger partial charge >= 0.3 is 0 Å². The average Bonchev–Trinajstić information content (AvgIpc) is 2.28. The van der Waals surface area contributed by atoms with Crippen molar-refractivity contribution in [3.8, 4) is 5.75 Å². The van der Waals surface area contributed by atoms with Crippen LogP contribution in [0, 0.1) is 0 Å². The average molecular weight is 218 g/mol. The van der Waals surface area contributed by atoms with Crippen molar-refractivity contribution in [3.05, 3.63) is 34.7 Å². The smallest absolute Gasteiger partial charge is 0.274 e. The molecular weight excluding hydrogens is 204 g/mol. The molecule has 4 heteroatoms. The molecule has 1 heterocycles. The van der Waals surface area contributed by atoms with Gasteiger partial charge in [-0.3, -0.25) is 4.79 Å². The van der Waals surface area contributed by atoms with Gasteiger partial charge in [-0.2, -0.15) is 5.10 Å². The Kier molecular flexibility index (Phi) is 2.64. The monoisotopic (exact) mass is 218 g/mol. The molecule has 2 rings (SSSR count). The third kappa shape index (κ3) is 1.66. The van der Waals surface area contributed by atoms with E-state index in [4.69, 9.17) is 4.74 Å². The molecule has 0 saturated heterocycles. The second-order valence-corrected chi connectivity index (χ2v) is 3.94. The maximum atomic E-state index is 12.0. The third-order valence-electron chi connectivity index (χ3n) is 2.51. The largest absolute Gasteiger partial charge is 0.497 e. The molecule has 1 aromatic heterocycles. The molecule has 0 aliphatic heterocycles. The molecule has 0 saturated carbocycles. The molecule has 0 N–H and O–H groups in total. The van der Waals surface area contributed by atoms with Crippen molar-refractivity contribution in [2.24, 2.45) is 0 Å². The normalized spacial score (nSPS) is 11.0. The van der Waals surface area contributed by atoms with Crippen LogP contribution in [0.15, 0.2) is 29.2 Å². The Hall–Kier alpha value is -1.84. The Morgan fingerprint density at radius 1 is 1.38 bits per heavy atom. The van der Waals surface area contributed by atoms with Gasteiger partial charge in [-0.15, -0.1) is 0 Å². The summed E-state index contributed by atoms with van der Waals surface area (Å²) in [5, 5.41) is 5.61. The van der Waals surface area contributed by atoms with Crippen LogP contribution in [0.25, 0.3) is 10.8 Å². The Morgan fingerprint density at radius 3 is 2.75 bits per heavy atom. The number of rotatable bonds is 2. The summed E-state index contributed by atoms with van der Waals surface area (Å²) in [4.78, 5) is 12.0. The number of methoxy groups -OCH3 is 1. The molecule has 84 valence electrons. The van der Waals surface area contributed by atoms with Gasteiger partial charge in [0.1, 0.15) is 5.75 Å². The lowest BCUT2D eigenvalue weighted by Crippen LogP contribution is -2.24. The SMILES string of the molecule is COc1ccc2c(=O)n(C(C)C)ncc2c1. The minimum absolute atomic E-state index is 0.0600. The molecule has 0 bridgehead atoms. The van der Waals surface area contributed by atoms with Crippen LogP contribution in [-0.2, 0) is 0 Å². The van der Waals surface area contributed by atoms with Crippen molar-refractivity contribution < 1.29 is 4.74 Å². The van der Waals surface area contributed by atoms with Crippen LogP contribution in [0.1, 0.15) is 19.9 Å². The first-order valence-electron chi connectivity index (χ1n) is 5.19. The van der Waals surface area contributed by atoms with Crippen LogP contribution in [0.4, 0.5) is 0 Å². The zero-order chi connectivity index (χ0) is 11.7. The first-order chi connectivity index (χ1) is 7.63. The third-order valence-corrected chi connectivity index (χ3v) is 2.51. The van der Waals surface area contributed by atoms with E-state index in [0.29, 0.717) is 5.39 Å². The summed E-state index contributed by atoms with van der Waals surface area (Å²) in [6.07, 6.45) is 1.69. The maximum Gasteiger partial charge on any atom is 0.274 e. The molecule has 0 fully saturated rings. The van der Waals surface area contributed by atoms with Crippen LogP contribution in [0.3, 0.4) is 0 Å². The standard InChI is InChI=1S/C12H14N2O2/c1-8(2)14-12(15)11-5-4-10(16-3)6-9(11)7-13-14/h4-8H,1-3H3. The summed E-state index contributed by atoms with van der Waals surface area (Å²) in [6, 6.07) is 5.44. The summed E-state index contributed by atoms with van der Waals surface area (Å²) >= 11 is 0. The second-order valence-electron chi connectivity index (χ2n) is 3.94. The van der Waals surface area contributed by atoms with Gasteiger partial charge in [0.15, 0.2) is 0 Å². The van der Waals surface area contributed by atoms with Crippen molar-refractivity contribution in [1.29, 1.82) is 0 Å². The lowest BCUT2D eigenvalue weighted by molar-refractivity contribution is 0.415. The molecule has 0 amide bonds. The molecule has 1 aromatic carbocycles. The molecule has 0 atom stereocenters. The highest BCUT2D eigenvalue weighted by Crippen LogP contribution is 2.17. The van der Waals surface area contributed by atoms with E-state index in [9.17, 15) is 4.79 Å². The van der Waals surface area contributed by atoms with Crippen molar-refractivity contribution >= 4 is 10.8 Å². The quantitative estimate of drug-likeness (QED) is 0.774. The van der Waals surface area contributed by atoms with Crippen LogP contribution in [0.5, 0.6) is 5.75 Å². The summed E-state index contributed by atoms with van der Waals surface area (Å²) in [5.74, 6) is 0.732. The Labute approximate surface area is 93.5 Å². The van der Waals surface area contributed by atoms with E-state index in [1.807, 2.05) is 19.9 Å². The van der Waals surface area contributed by atoms with Gasteiger partial charge in [0, 0.05) is 5.39 Å². The van der Waals surface area contributed by atoms with E-state index in [0.717, 1.165) is 11.1 Å².